The van der Waals surface area contributed by atoms with E-state index in [1.54, 1.807) is 6.92 Å². The van der Waals surface area contributed by atoms with Gasteiger partial charge in [0.15, 0.2) is 0 Å². The Kier molecular flexibility index (Phi) is 5.05. The Hall–Kier alpha value is -1.55. The molecule has 0 aliphatic heterocycles. The van der Waals surface area contributed by atoms with Crippen LogP contribution in [0.5, 0.6) is 0 Å². The van der Waals surface area contributed by atoms with Gasteiger partial charge >= 0.3 is 0 Å². The molecule has 1 rings (SSSR count). The van der Waals surface area contributed by atoms with E-state index in [9.17, 15) is 18.5 Å². The van der Waals surface area contributed by atoms with E-state index < -0.39 is 33.7 Å². The number of hydrogen-bond acceptors (Lipinski definition) is 6. The van der Waals surface area contributed by atoms with Crippen molar-refractivity contribution in [2.24, 2.45) is 0 Å². The maximum absolute atomic E-state index is 12.4. The number of non-ortho nitro benzene ring substituents is 1. The summed E-state index contributed by atoms with van der Waals surface area (Å²) in [7, 11) is -4.13. The largest absolute Gasteiger partial charge is 0.394 e. The summed E-state index contributed by atoms with van der Waals surface area (Å²) in [6.45, 7) is 3.19. The van der Waals surface area contributed by atoms with Crippen molar-refractivity contribution in [1.82, 2.24) is 4.72 Å². The molecule has 9 heteroatoms. The van der Waals surface area contributed by atoms with Crippen molar-refractivity contribution >= 4 is 15.7 Å². The number of rotatable bonds is 6. The molecule has 0 aliphatic carbocycles. The number of nitro groups is 1. The van der Waals surface area contributed by atoms with Crippen LogP contribution in [-0.2, 0) is 10.0 Å². The predicted molar refractivity (Wildman–Crippen MR) is 75.5 cm³/mol. The van der Waals surface area contributed by atoms with Crippen LogP contribution in [0, 0.1) is 24.0 Å². The predicted octanol–water partition coefficient (Wildman–Crippen LogP) is 0.233. The Labute approximate surface area is 122 Å². The molecule has 0 amide bonds. The molecule has 0 radical (unpaired) electrons. The minimum atomic E-state index is -4.13. The van der Waals surface area contributed by atoms with E-state index in [2.05, 4.69) is 4.72 Å². The molecule has 0 heterocycles. The lowest BCUT2D eigenvalue weighted by molar-refractivity contribution is -0.385. The van der Waals surface area contributed by atoms with E-state index >= 15 is 0 Å². The quantitative estimate of drug-likeness (QED) is 0.508. The first-order valence-corrected chi connectivity index (χ1v) is 7.56. The Morgan fingerprint density at radius 2 is 1.81 bits per heavy atom. The summed E-state index contributed by atoms with van der Waals surface area (Å²) in [5, 5.41) is 29.2. The summed E-state index contributed by atoms with van der Waals surface area (Å²) < 4.78 is 26.9. The number of hydrogen-bond donors (Lipinski definition) is 3. The molecule has 118 valence electrons. The van der Waals surface area contributed by atoms with Crippen LogP contribution in [0.25, 0.3) is 0 Å². The second-order valence-electron chi connectivity index (χ2n) is 5.13. The van der Waals surface area contributed by atoms with Crippen LogP contribution < -0.4 is 4.72 Å². The Balaban J connectivity index is 3.41. The van der Waals surface area contributed by atoms with Crippen LogP contribution in [0.3, 0.4) is 0 Å². The second-order valence-corrected chi connectivity index (χ2v) is 6.78. The molecule has 3 N–H and O–H groups in total. The van der Waals surface area contributed by atoms with Gasteiger partial charge in [0.2, 0.25) is 10.0 Å². The first kappa shape index (κ1) is 17.5. The summed E-state index contributed by atoms with van der Waals surface area (Å²) in [6.07, 6.45) is 0. The van der Waals surface area contributed by atoms with Crippen molar-refractivity contribution in [3.63, 3.8) is 0 Å². The van der Waals surface area contributed by atoms with Crippen molar-refractivity contribution in [2.45, 2.75) is 31.2 Å². The zero-order valence-corrected chi connectivity index (χ0v) is 12.8. The van der Waals surface area contributed by atoms with Gasteiger partial charge in [0.05, 0.1) is 28.6 Å². The lowest BCUT2D eigenvalue weighted by Gasteiger charge is -2.26. The summed E-state index contributed by atoms with van der Waals surface area (Å²) in [4.78, 5) is 9.93. The van der Waals surface area contributed by atoms with Gasteiger partial charge in [-0.2, -0.15) is 0 Å². The van der Waals surface area contributed by atoms with Crippen molar-refractivity contribution in [1.29, 1.82) is 0 Å². The van der Waals surface area contributed by atoms with Crippen molar-refractivity contribution in [2.75, 3.05) is 13.2 Å². The van der Waals surface area contributed by atoms with E-state index in [0.29, 0.717) is 11.1 Å². The second kappa shape index (κ2) is 6.06. The molecule has 0 saturated heterocycles. The van der Waals surface area contributed by atoms with E-state index in [4.69, 9.17) is 10.2 Å². The van der Waals surface area contributed by atoms with E-state index in [0.717, 1.165) is 6.07 Å². The maximum atomic E-state index is 12.4. The summed E-state index contributed by atoms with van der Waals surface area (Å²) >= 11 is 0. The summed E-state index contributed by atoms with van der Waals surface area (Å²) in [6, 6.07) is 2.24. The zero-order valence-electron chi connectivity index (χ0n) is 12.0. The Bertz CT molecular complexity index is 652. The maximum Gasteiger partial charge on any atom is 0.271 e. The van der Waals surface area contributed by atoms with Crippen molar-refractivity contribution in [3.8, 4) is 0 Å². The number of nitro benzene ring substituents is 1. The molecule has 8 nitrogen and oxygen atoms in total. The lowest BCUT2D eigenvalue weighted by Crippen LogP contribution is -2.51. The molecule has 0 aliphatic rings. The molecular formula is C12H18N2O6S. The number of aliphatic hydroxyl groups excluding tert-OH is 2. The molecule has 0 unspecified atom stereocenters. The number of aryl methyl sites for hydroxylation is 1. The highest BCUT2D eigenvalue weighted by molar-refractivity contribution is 7.89. The van der Waals surface area contributed by atoms with Gasteiger partial charge in [-0.1, -0.05) is 0 Å². The van der Waals surface area contributed by atoms with Gasteiger partial charge in [-0.05, 0) is 31.9 Å². The van der Waals surface area contributed by atoms with E-state index in [1.165, 1.54) is 19.9 Å². The summed E-state index contributed by atoms with van der Waals surface area (Å²) in [5.41, 5.74) is -0.970. The first-order chi connectivity index (χ1) is 9.56. The molecule has 21 heavy (non-hydrogen) atoms. The Morgan fingerprint density at radius 3 is 2.24 bits per heavy atom. The fourth-order valence-corrected chi connectivity index (χ4v) is 3.41. The molecule has 0 atom stereocenters. The molecule has 0 saturated carbocycles. The highest BCUT2D eigenvalue weighted by atomic mass is 32.2. The zero-order chi connectivity index (χ0) is 16.4. The van der Waals surface area contributed by atoms with E-state index in [-0.39, 0.29) is 10.6 Å². The van der Waals surface area contributed by atoms with Crippen LogP contribution >= 0.6 is 0 Å². The molecule has 0 spiro atoms. The fourth-order valence-electron chi connectivity index (χ4n) is 1.69. The van der Waals surface area contributed by atoms with Gasteiger partial charge in [0.25, 0.3) is 5.69 Å². The molecule has 1 aromatic carbocycles. The number of aliphatic hydroxyl groups is 2. The molecule has 0 bridgehead atoms. The van der Waals surface area contributed by atoms with Gasteiger partial charge in [-0.3, -0.25) is 10.1 Å². The lowest BCUT2D eigenvalue weighted by atomic mass is 10.1. The smallest absolute Gasteiger partial charge is 0.271 e. The van der Waals surface area contributed by atoms with Crippen molar-refractivity contribution < 1.29 is 23.6 Å². The minimum absolute atomic E-state index is 0.248. The highest BCUT2D eigenvalue weighted by Crippen LogP contribution is 2.26. The number of nitrogens with zero attached hydrogens (tertiary/aromatic N) is 1. The van der Waals surface area contributed by atoms with Crippen LogP contribution in [0.1, 0.15) is 18.1 Å². The number of sulfonamides is 1. The van der Waals surface area contributed by atoms with E-state index in [1.807, 2.05) is 0 Å². The molecular weight excluding hydrogens is 300 g/mol. The Morgan fingerprint density at radius 1 is 1.29 bits per heavy atom. The third-order valence-electron chi connectivity index (χ3n) is 3.18. The monoisotopic (exact) mass is 318 g/mol. The van der Waals surface area contributed by atoms with Gasteiger partial charge in [-0.15, -0.1) is 0 Å². The van der Waals surface area contributed by atoms with Crippen LogP contribution in [-0.4, -0.2) is 42.3 Å². The van der Waals surface area contributed by atoms with Crippen LogP contribution in [0.4, 0.5) is 5.69 Å². The molecule has 1 aromatic rings. The molecule has 0 fully saturated rings. The van der Waals surface area contributed by atoms with Crippen molar-refractivity contribution in [3.05, 3.63) is 33.4 Å². The van der Waals surface area contributed by atoms with Gasteiger partial charge in [0.1, 0.15) is 0 Å². The topological polar surface area (TPSA) is 130 Å². The van der Waals surface area contributed by atoms with Gasteiger partial charge in [-0.25, -0.2) is 13.1 Å². The van der Waals surface area contributed by atoms with Gasteiger partial charge in [0, 0.05) is 12.1 Å². The van der Waals surface area contributed by atoms with Crippen LogP contribution in [0.15, 0.2) is 17.0 Å². The van der Waals surface area contributed by atoms with Crippen LogP contribution in [0.2, 0.25) is 0 Å². The number of benzene rings is 1. The SMILES string of the molecule is Cc1cc([N+](=O)[O-])cc(S(=O)(=O)NC(C)(CO)CO)c1C. The number of nitrogens with one attached hydrogen (secondary N) is 1. The molecule has 0 aromatic heterocycles. The third-order valence-corrected chi connectivity index (χ3v) is 4.95. The highest BCUT2D eigenvalue weighted by Gasteiger charge is 2.31. The fraction of sp³-hybridized carbons (Fsp3) is 0.500. The normalized spacial score (nSPS) is 12.4. The first-order valence-electron chi connectivity index (χ1n) is 6.07. The average molecular weight is 318 g/mol. The minimum Gasteiger partial charge on any atom is -0.394 e. The summed E-state index contributed by atoms with van der Waals surface area (Å²) in [5.74, 6) is 0. The standard InChI is InChI=1S/C12H18N2O6S/c1-8-4-10(14(17)18)5-11(9(8)2)21(19,20)13-12(3,6-15)7-16/h4-5,13,15-16H,6-7H2,1-3H3. The average Bonchev–Trinajstić information content (AvgIpc) is 2.40. The third kappa shape index (κ3) is 3.76. The van der Waals surface area contributed by atoms with Gasteiger partial charge < -0.3 is 10.2 Å².